The molecule has 146 valence electrons. The van der Waals surface area contributed by atoms with Gasteiger partial charge in [0.25, 0.3) is 11.8 Å². The Morgan fingerprint density at radius 1 is 1.03 bits per heavy atom. The zero-order valence-electron chi connectivity index (χ0n) is 15.8. The third kappa shape index (κ3) is 4.21. The highest BCUT2D eigenvalue weighted by Crippen LogP contribution is 2.33. The molecule has 0 bridgehead atoms. The van der Waals surface area contributed by atoms with Crippen molar-refractivity contribution in [3.8, 4) is 11.5 Å². The van der Waals surface area contributed by atoms with E-state index in [0.29, 0.717) is 22.9 Å². The van der Waals surface area contributed by atoms with Crippen molar-refractivity contribution in [2.24, 2.45) is 0 Å². The van der Waals surface area contributed by atoms with Crippen molar-refractivity contribution < 1.29 is 19.1 Å². The molecular formula is C23H20N2O4. The third-order valence-electron chi connectivity index (χ3n) is 4.52. The molecule has 4 rings (SSSR count). The molecule has 3 aromatic carbocycles. The number of carbonyl (C=O) groups is 2. The molecule has 2 N–H and O–H groups in total. The number of ether oxygens (including phenoxy) is 2. The van der Waals surface area contributed by atoms with E-state index in [1.807, 2.05) is 48.5 Å². The number of hydrogen-bond acceptors (Lipinski definition) is 4. The molecule has 29 heavy (non-hydrogen) atoms. The topological polar surface area (TPSA) is 76.7 Å². The molecule has 0 aromatic heterocycles. The predicted molar refractivity (Wildman–Crippen MR) is 110 cm³/mol. The molecule has 3 aromatic rings. The Balaban J connectivity index is 1.57. The number of carbonyl (C=O) groups excluding carboxylic acids is 2. The van der Waals surface area contributed by atoms with Gasteiger partial charge in [0, 0.05) is 11.3 Å². The van der Waals surface area contributed by atoms with Crippen LogP contribution in [0.4, 0.5) is 11.4 Å². The second kappa shape index (κ2) is 8.06. The van der Waals surface area contributed by atoms with Gasteiger partial charge in [0.2, 0.25) is 6.10 Å². The Kier molecular flexibility index (Phi) is 5.16. The maximum absolute atomic E-state index is 13.0. The van der Waals surface area contributed by atoms with Gasteiger partial charge in [-0.3, -0.25) is 9.59 Å². The summed E-state index contributed by atoms with van der Waals surface area (Å²) in [6, 6.07) is 23.6. The van der Waals surface area contributed by atoms with Crippen LogP contribution in [0.25, 0.3) is 0 Å². The highest BCUT2D eigenvalue weighted by atomic mass is 16.5. The number of benzene rings is 3. The van der Waals surface area contributed by atoms with E-state index in [9.17, 15) is 9.59 Å². The molecular weight excluding hydrogens is 368 g/mol. The predicted octanol–water partition coefficient (Wildman–Crippen LogP) is 4.16. The van der Waals surface area contributed by atoms with Gasteiger partial charge in [-0.25, -0.2) is 0 Å². The lowest BCUT2D eigenvalue weighted by Crippen LogP contribution is -2.34. The van der Waals surface area contributed by atoms with Crippen LogP contribution in [-0.4, -0.2) is 17.9 Å². The fourth-order valence-corrected chi connectivity index (χ4v) is 3.03. The van der Waals surface area contributed by atoms with Gasteiger partial charge in [0.05, 0.1) is 5.69 Å². The second-order valence-corrected chi connectivity index (χ2v) is 6.67. The Bertz CT molecular complexity index is 1020. The Labute approximate surface area is 168 Å². The molecule has 2 atom stereocenters. The van der Waals surface area contributed by atoms with Crippen molar-refractivity contribution in [3.05, 3.63) is 84.4 Å². The standard InChI is InChI=1S/C23H20N2O4/c1-15-22(26)25-19-14-17(12-13-20(19)28-15)24-23(27)21(16-8-4-2-5-9-16)29-18-10-6-3-7-11-18/h2-15,21H,1H3,(H,24,27)(H,25,26)/t15-,21+/m0/s1. The average Bonchev–Trinajstić information content (AvgIpc) is 2.74. The van der Waals surface area contributed by atoms with Gasteiger partial charge < -0.3 is 20.1 Å². The lowest BCUT2D eigenvalue weighted by Gasteiger charge is -2.24. The number of rotatable bonds is 5. The van der Waals surface area contributed by atoms with Gasteiger partial charge in [-0.2, -0.15) is 0 Å². The maximum atomic E-state index is 13.0. The smallest absolute Gasteiger partial charge is 0.270 e. The molecule has 0 spiro atoms. The molecule has 0 fully saturated rings. The van der Waals surface area contributed by atoms with Gasteiger partial charge in [0.1, 0.15) is 11.5 Å². The summed E-state index contributed by atoms with van der Waals surface area (Å²) in [6.45, 7) is 1.68. The number of para-hydroxylation sites is 1. The van der Waals surface area contributed by atoms with Crippen LogP contribution >= 0.6 is 0 Å². The van der Waals surface area contributed by atoms with Crippen LogP contribution in [0.15, 0.2) is 78.9 Å². The van der Waals surface area contributed by atoms with Crippen molar-refractivity contribution in [1.29, 1.82) is 0 Å². The number of nitrogens with one attached hydrogen (secondary N) is 2. The lowest BCUT2D eigenvalue weighted by molar-refractivity contribution is -0.123. The summed E-state index contributed by atoms with van der Waals surface area (Å²) in [4.78, 5) is 24.9. The van der Waals surface area contributed by atoms with E-state index in [-0.39, 0.29) is 11.8 Å². The van der Waals surface area contributed by atoms with Crippen molar-refractivity contribution in [2.75, 3.05) is 10.6 Å². The van der Waals surface area contributed by atoms with Crippen LogP contribution in [0.2, 0.25) is 0 Å². The van der Waals surface area contributed by atoms with Crippen LogP contribution in [0, 0.1) is 0 Å². The highest BCUT2D eigenvalue weighted by Gasteiger charge is 2.26. The van der Waals surface area contributed by atoms with Crippen LogP contribution < -0.4 is 20.1 Å². The van der Waals surface area contributed by atoms with Gasteiger partial charge in [-0.15, -0.1) is 0 Å². The minimum absolute atomic E-state index is 0.226. The van der Waals surface area contributed by atoms with Gasteiger partial charge in [0.15, 0.2) is 6.10 Å². The average molecular weight is 388 g/mol. The fraction of sp³-hybridized carbons (Fsp3) is 0.130. The third-order valence-corrected chi connectivity index (χ3v) is 4.52. The van der Waals surface area contributed by atoms with E-state index in [1.165, 1.54) is 0 Å². The van der Waals surface area contributed by atoms with Crippen molar-refractivity contribution in [3.63, 3.8) is 0 Å². The van der Waals surface area contributed by atoms with Gasteiger partial charge in [-0.1, -0.05) is 48.5 Å². The zero-order valence-corrected chi connectivity index (χ0v) is 15.8. The van der Waals surface area contributed by atoms with Crippen LogP contribution in [-0.2, 0) is 9.59 Å². The maximum Gasteiger partial charge on any atom is 0.270 e. The zero-order chi connectivity index (χ0) is 20.2. The van der Waals surface area contributed by atoms with Gasteiger partial charge >= 0.3 is 0 Å². The highest BCUT2D eigenvalue weighted by molar-refractivity contribution is 6.00. The van der Waals surface area contributed by atoms with Crippen molar-refractivity contribution >= 4 is 23.2 Å². The summed E-state index contributed by atoms with van der Waals surface area (Å²) in [5, 5.41) is 5.64. The molecule has 0 saturated carbocycles. The lowest BCUT2D eigenvalue weighted by atomic mass is 10.1. The summed E-state index contributed by atoms with van der Waals surface area (Å²) >= 11 is 0. The first-order valence-electron chi connectivity index (χ1n) is 9.29. The summed E-state index contributed by atoms with van der Waals surface area (Å²) < 4.78 is 11.5. The molecule has 0 aliphatic carbocycles. The number of amides is 2. The van der Waals surface area contributed by atoms with E-state index in [0.717, 1.165) is 5.56 Å². The van der Waals surface area contributed by atoms with Crippen molar-refractivity contribution in [2.45, 2.75) is 19.1 Å². The quantitative estimate of drug-likeness (QED) is 0.688. The minimum Gasteiger partial charge on any atom is -0.479 e. The van der Waals surface area contributed by atoms with Crippen LogP contribution in [0.1, 0.15) is 18.6 Å². The first-order valence-corrected chi connectivity index (χ1v) is 9.29. The molecule has 1 aliphatic heterocycles. The SMILES string of the molecule is C[C@@H]1Oc2ccc(NC(=O)[C@H](Oc3ccccc3)c3ccccc3)cc2NC1=O. The molecule has 6 nitrogen and oxygen atoms in total. The molecule has 6 heteroatoms. The van der Waals surface area contributed by atoms with E-state index >= 15 is 0 Å². The monoisotopic (exact) mass is 388 g/mol. The molecule has 2 amide bonds. The summed E-state index contributed by atoms with van der Waals surface area (Å²) in [5.74, 6) is 0.610. The molecule has 1 aliphatic rings. The summed E-state index contributed by atoms with van der Waals surface area (Å²) in [7, 11) is 0. The minimum atomic E-state index is -0.833. The van der Waals surface area contributed by atoms with E-state index in [1.54, 1.807) is 37.3 Å². The van der Waals surface area contributed by atoms with E-state index in [4.69, 9.17) is 9.47 Å². The summed E-state index contributed by atoms with van der Waals surface area (Å²) in [5.41, 5.74) is 1.79. The van der Waals surface area contributed by atoms with Crippen LogP contribution in [0.3, 0.4) is 0 Å². The molecule has 0 radical (unpaired) electrons. The number of fused-ring (bicyclic) bond motifs is 1. The first kappa shape index (κ1) is 18.6. The Morgan fingerprint density at radius 2 is 1.72 bits per heavy atom. The van der Waals surface area contributed by atoms with Crippen molar-refractivity contribution in [1.82, 2.24) is 0 Å². The largest absolute Gasteiger partial charge is 0.479 e. The molecule has 1 heterocycles. The Morgan fingerprint density at radius 3 is 2.45 bits per heavy atom. The fourth-order valence-electron chi connectivity index (χ4n) is 3.03. The summed E-state index contributed by atoms with van der Waals surface area (Å²) in [6.07, 6.45) is -1.38. The molecule has 0 saturated heterocycles. The van der Waals surface area contributed by atoms with Crippen LogP contribution in [0.5, 0.6) is 11.5 Å². The number of anilines is 2. The van der Waals surface area contributed by atoms with E-state index in [2.05, 4.69) is 10.6 Å². The second-order valence-electron chi connectivity index (χ2n) is 6.67. The Hall–Kier alpha value is -3.80. The first-order chi connectivity index (χ1) is 14.1. The molecule has 0 unspecified atom stereocenters. The number of hydrogen-bond donors (Lipinski definition) is 2. The normalized spacial score (nSPS) is 16.0. The van der Waals surface area contributed by atoms with Gasteiger partial charge in [-0.05, 0) is 37.3 Å². The van der Waals surface area contributed by atoms with E-state index < -0.39 is 12.2 Å².